The maximum absolute atomic E-state index is 14.3. The lowest BCUT2D eigenvalue weighted by molar-refractivity contribution is -0.140. The van der Waals surface area contributed by atoms with Crippen LogP contribution in [0.15, 0.2) is 72.8 Å². The monoisotopic (exact) mass is 629 g/mol. The first-order chi connectivity index (χ1) is 20.0. The summed E-state index contributed by atoms with van der Waals surface area (Å²) < 4.78 is 26.9. The third-order valence-corrected chi connectivity index (χ3v) is 9.35. The van der Waals surface area contributed by atoms with Crippen LogP contribution in [0.1, 0.15) is 48.8 Å². The lowest BCUT2D eigenvalue weighted by Gasteiger charge is -2.35. The molecule has 1 aliphatic carbocycles. The first-order valence-corrected chi connectivity index (χ1v) is 16.7. The summed E-state index contributed by atoms with van der Waals surface area (Å²) >= 11 is 12.5. The van der Waals surface area contributed by atoms with Gasteiger partial charge in [-0.1, -0.05) is 97.1 Å². The van der Waals surface area contributed by atoms with Crippen LogP contribution in [0.4, 0.5) is 5.69 Å². The summed E-state index contributed by atoms with van der Waals surface area (Å²) in [4.78, 5) is 29.8. The van der Waals surface area contributed by atoms with Gasteiger partial charge in [0.05, 0.1) is 17.0 Å². The number of halogens is 2. The first kappa shape index (κ1) is 31.9. The zero-order valence-electron chi connectivity index (χ0n) is 23.9. The van der Waals surface area contributed by atoms with Crippen LogP contribution >= 0.6 is 23.2 Å². The summed E-state index contributed by atoms with van der Waals surface area (Å²) in [7, 11) is -3.93. The molecule has 7 nitrogen and oxygen atoms in total. The molecule has 1 N–H and O–H groups in total. The Balaban J connectivity index is 1.74. The summed E-state index contributed by atoms with van der Waals surface area (Å²) in [6.07, 6.45) is 6.33. The highest BCUT2D eigenvalue weighted by atomic mass is 35.5. The van der Waals surface area contributed by atoms with Gasteiger partial charge in [-0.2, -0.15) is 0 Å². The van der Waals surface area contributed by atoms with Gasteiger partial charge in [0, 0.05) is 24.0 Å². The minimum atomic E-state index is -3.93. The third-order valence-electron chi connectivity index (χ3n) is 7.68. The number of rotatable bonds is 11. The summed E-state index contributed by atoms with van der Waals surface area (Å²) in [5.74, 6) is -0.766. The Morgan fingerprint density at radius 2 is 1.62 bits per heavy atom. The molecule has 10 heteroatoms. The molecular weight excluding hydrogens is 593 g/mol. The Labute approximate surface area is 258 Å². The molecule has 1 aliphatic rings. The molecule has 224 valence electrons. The van der Waals surface area contributed by atoms with E-state index in [9.17, 15) is 18.0 Å². The molecule has 0 aliphatic heterocycles. The summed E-state index contributed by atoms with van der Waals surface area (Å²) in [5, 5.41) is 3.64. The van der Waals surface area contributed by atoms with Crippen LogP contribution < -0.4 is 9.62 Å². The first-order valence-electron chi connectivity index (χ1n) is 14.1. The Morgan fingerprint density at radius 1 is 0.952 bits per heavy atom. The molecule has 3 aromatic rings. The van der Waals surface area contributed by atoms with E-state index in [4.69, 9.17) is 23.2 Å². The van der Waals surface area contributed by atoms with E-state index < -0.39 is 28.5 Å². The number of sulfonamides is 1. The van der Waals surface area contributed by atoms with E-state index in [0.29, 0.717) is 5.02 Å². The predicted molar refractivity (Wildman–Crippen MR) is 169 cm³/mol. The normalized spacial score (nSPS) is 14.7. The summed E-state index contributed by atoms with van der Waals surface area (Å²) in [6, 6.07) is 20.8. The van der Waals surface area contributed by atoms with Crippen molar-refractivity contribution in [1.29, 1.82) is 0 Å². The average Bonchev–Trinajstić information content (AvgIpc) is 2.95. The summed E-state index contributed by atoms with van der Waals surface area (Å²) in [6.45, 7) is 1.55. The molecular formula is C32H37Cl2N3O4S. The lowest BCUT2D eigenvalue weighted by atomic mass is 9.94. The standard InChI is InChI=1S/C32H37Cl2N3O4S/c1-23-11-9-10-14-25(23)21-36(31(38)22-37(42(2,40)41)29-18-17-26(33)20-28(29)34)30(19-24-12-5-3-6-13-24)32(39)35-27-15-7-4-8-16-27/h3,5-6,9-14,17-18,20,27,30H,4,7-8,15-16,19,21-22H2,1-2H3,(H,35,39)/t30-/m0/s1. The van der Waals surface area contributed by atoms with Crippen molar-refractivity contribution in [2.24, 2.45) is 0 Å². The molecule has 0 radical (unpaired) electrons. The van der Waals surface area contributed by atoms with Crippen molar-refractivity contribution in [2.75, 3.05) is 17.1 Å². The van der Waals surface area contributed by atoms with Crippen LogP contribution in [0.5, 0.6) is 0 Å². The number of hydrogen-bond donors (Lipinski definition) is 1. The van der Waals surface area contributed by atoms with Gasteiger partial charge in [-0.05, 0) is 54.7 Å². The van der Waals surface area contributed by atoms with Crippen molar-refractivity contribution in [3.8, 4) is 0 Å². The van der Waals surface area contributed by atoms with E-state index in [2.05, 4.69) is 5.32 Å². The highest BCUT2D eigenvalue weighted by Gasteiger charge is 2.34. The molecule has 0 aromatic heterocycles. The number of hydrogen-bond acceptors (Lipinski definition) is 4. The number of aryl methyl sites for hydroxylation is 1. The van der Waals surface area contributed by atoms with E-state index in [1.54, 1.807) is 0 Å². The van der Waals surface area contributed by atoms with Crippen LogP contribution in [0, 0.1) is 6.92 Å². The van der Waals surface area contributed by atoms with Crippen molar-refractivity contribution in [1.82, 2.24) is 10.2 Å². The number of amides is 2. The second-order valence-electron chi connectivity index (χ2n) is 10.9. The smallest absolute Gasteiger partial charge is 0.244 e. The number of carbonyl (C=O) groups is 2. The van der Waals surface area contributed by atoms with Gasteiger partial charge in [0.25, 0.3) is 0 Å². The molecule has 0 heterocycles. The largest absolute Gasteiger partial charge is 0.352 e. The Bertz CT molecular complexity index is 1490. The van der Waals surface area contributed by atoms with Crippen molar-refractivity contribution in [2.45, 2.75) is 64.1 Å². The van der Waals surface area contributed by atoms with Gasteiger partial charge in [-0.25, -0.2) is 8.42 Å². The highest BCUT2D eigenvalue weighted by Crippen LogP contribution is 2.31. The SMILES string of the molecule is Cc1ccccc1CN(C(=O)CN(c1ccc(Cl)cc1Cl)S(C)(=O)=O)[C@@H](Cc1ccccc1)C(=O)NC1CCCCC1. The number of anilines is 1. The maximum atomic E-state index is 14.3. The molecule has 1 fully saturated rings. The van der Waals surface area contributed by atoms with Crippen molar-refractivity contribution < 1.29 is 18.0 Å². The molecule has 2 amide bonds. The number of nitrogens with zero attached hydrogens (tertiary/aromatic N) is 2. The molecule has 3 aromatic carbocycles. The number of nitrogens with one attached hydrogen (secondary N) is 1. The molecule has 1 saturated carbocycles. The third kappa shape index (κ3) is 8.49. The van der Waals surface area contributed by atoms with E-state index in [0.717, 1.165) is 59.4 Å². The zero-order chi connectivity index (χ0) is 30.3. The molecule has 1 atom stereocenters. The van der Waals surface area contributed by atoms with Gasteiger partial charge >= 0.3 is 0 Å². The lowest BCUT2D eigenvalue weighted by Crippen LogP contribution is -2.55. The van der Waals surface area contributed by atoms with E-state index in [1.807, 2.05) is 61.5 Å². The Kier molecular flexibility index (Phi) is 10.9. The number of benzene rings is 3. The van der Waals surface area contributed by atoms with E-state index >= 15 is 0 Å². The molecule has 0 spiro atoms. The zero-order valence-corrected chi connectivity index (χ0v) is 26.3. The Hall–Kier alpha value is -3.07. The van der Waals surface area contributed by atoms with Gasteiger partial charge in [0.1, 0.15) is 12.6 Å². The van der Waals surface area contributed by atoms with Crippen LogP contribution in [-0.2, 0) is 32.6 Å². The fourth-order valence-electron chi connectivity index (χ4n) is 5.35. The second kappa shape index (κ2) is 14.4. The fourth-order valence-corrected chi connectivity index (χ4v) is 6.77. The van der Waals surface area contributed by atoms with E-state index in [1.165, 1.54) is 23.1 Å². The van der Waals surface area contributed by atoms with Gasteiger partial charge in [0.15, 0.2) is 0 Å². The van der Waals surface area contributed by atoms with Crippen molar-refractivity contribution in [3.63, 3.8) is 0 Å². The quantitative estimate of drug-likeness (QED) is 0.275. The van der Waals surface area contributed by atoms with Crippen molar-refractivity contribution >= 4 is 50.7 Å². The van der Waals surface area contributed by atoms with Gasteiger partial charge in [-0.3, -0.25) is 13.9 Å². The number of carbonyl (C=O) groups excluding carboxylic acids is 2. The second-order valence-corrected chi connectivity index (χ2v) is 13.6. The minimum Gasteiger partial charge on any atom is -0.352 e. The van der Waals surface area contributed by atoms with Crippen LogP contribution in [0.2, 0.25) is 10.0 Å². The topological polar surface area (TPSA) is 86.8 Å². The summed E-state index contributed by atoms with van der Waals surface area (Å²) in [5.41, 5.74) is 2.86. The van der Waals surface area contributed by atoms with Gasteiger partial charge in [-0.15, -0.1) is 0 Å². The maximum Gasteiger partial charge on any atom is 0.244 e. The van der Waals surface area contributed by atoms with Crippen molar-refractivity contribution in [3.05, 3.63) is 99.5 Å². The van der Waals surface area contributed by atoms with Crippen LogP contribution in [-0.4, -0.2) is 50.0 Å². The molecule has 0 unspecified atom stereocenters. The molecule has 42 heavy (non-hydrogen) atoms. The Morgan fingerprint density at radius 3 is 2.26 bits per heavy atom. The fraction of sp³-hybridized carbons (Fsp3) is 0.375. The predicted octanol–water partition coefficient (Wildman–Crippen LogP) is 6.16. The van der Waals surface area contributed by atoms with Gasteiger partial charge in [0.2, 0.25) is 21.8 Å². The highest BCUT2D eigenvalue weighted by molar-refractivity contribution is 7.92. The molecule has 4 rings (SSSR count). The van der Waals surface area contributed by atoms with Crippen LogP contribution in [0.25, 0.3) is 0 Å². The minimum absolute atomic E-state index is 0.0420. The molecule has 0 saturated heterocycles. The van der Waals surface area contributed by atoms with Crippen LogP contribution in [0.3, 0.4) is 0 Å². The van der Waals surface area contributed by atoms with Gasteiger partial charge < -0.3 is 10.2 Å². The van der Waals surface area contributed by atoms with E-state index in [-0.39, 0.29) is 35.6 Å². The molecule has 0 bridgehead atoms. The average molecular weight is 631 g/mol.